The predicted octanol–water partition coefficient (Wildman–Crippen LogP) is 2.77. The summed E-state index contributed by atoms with van der Waals surface area (Å²) in [6.07, 6.45) is 0. The Morgan fingerprint density at radius 3 is 2.69 bits per heavy atom. The van der Waals surface area contributed by atoms with Crippen molar-refractivity contribution in [1.82, 2.24) is 0 Å². The fourth-order valence-electron chi connectivity index (χ4n) is 1.02. The van der Waals surface area contributed by atoms with Gasteiger partial charge >= 0.3 is 0 Å². The lowest BCUT2D eigenvalue weighted by Gasteiger charge is -2.06. The van der Waals surface area contributed by atoms with Crippen LogP contribution in [0, 0.1) is 17.1 Å². The molecule has 0 radical (unpaired) electrons. The number of nitriles is 1. The van der Waals surface area contributed by atoms with Crippen LogP contribution in [-0.4, -0.2) is 6.67 Å². The molecule has 0 N–H and O–H groups in total. The summed E-state index contributed by atoms with van der Waals surface area (Å²) in [6.45, 7) is 1.15. The molecule has 0 aliphatic heterocycles. The van der Waals surface area contributed by atoms with Crippen LogP contribution in [0.3, 0.4) is 0 Å². The van der Waals surface area contributed by atoms with E-state index >= 15 is 0 Å². The molecule has 0 spiro atoms. The molecule has 3 heteroatoms. The lowest BCUT2D eigenvalue weighted by Crippen LogP contribution is -1.97. The Labute approximate surface area is 75.6 Å². The Balaban J connectivity index is 3.04. The summed E-state index contributed by atoms with van der Waals surface area (Å²) in [7, 11) is 0. The first-order chi connectivity index (χ1) is 6.19. The average molecular weight is 181 g/mol. The first-order valence-electron chi connectivity index (χ1n) is 3.94. The highest BCUT2D eigenvalue weighted by Gasteiger charge is 2.08. The van der Waals surface area contributed by atoms with Crippen LogP contribution in [0.5, 0.6) is 0 Å². The van der Waals surface area contributed by atoms with Gasteiger partial charge in [-0.15, -0.1) is 0 Å². The van der Waals surface area contributed by atoms with E-state index in [1.165, 1.54) is 12.1 Å². The van der Waals surface area contributed by atoms with Gasteiger partial charge < -0.3 is 0 Å². The molecule has 1 unspecified atom stereocenters. The zero-order chi connectivity index (χ0) is 9.84. The van der Waals surface area contributed by atoms with Gasteiger partial charge in [-0.3, -0.25) is 4.39 Å². The Kier molecular flexibility index (Phi) is 2.97. The molecule has 68 valence electrons. The first-order valence-corrected chi connectivity index (χ1v) is 3.94. The lowest BCUT2D eigenvalue weighted by atomic mass is 10.0. The van der Waals surface area contributed by atoms with E-state index in [0.29, 0.717) is 5.56 Å². The van der Waals surface area contributed by atoms with Crippen LogP contribution in [0.1, 0.15) is 24.0 Å². The summed E-state index contributed by atoms with van der Waals surface area (Å²) >= 11 is 0. The van der Waals surface area contributed by atoms with Crippen molar-refractivity contribution in [3.05, 3.63) is 35.1 Å². The molecule has 13 heavy (non-hydrogen) atoms. The molecular weight excluding hydrogens is 172 g/mol. The molecule has 0 saturated carbocycles. The van der Waals surface area contributed by atoms with Gasteiger partial charge in [-0.1, -0.05) is 13.0 Å². The third-order valence-corrected chi connectivity index (χ3v) is 1.91. The summed E-state index contributed by atoms with van der Waals surface area (Å²) in [6, 6.07) is 5.87. The van der Waals surface area contributed by atoms with Crippen molar-refractivity contribution in [2.75, 3.05) is 6.67 Å². The second-order valence-electron chi connectivity index (χ2n) is 2.91. The summed E-state index contributed by atoms with van der Waals surface area (Å²) < 4.78 is 25.2. The first kappa shape index (κ1) is 9.66. The smallest absolute Gasteiger partial charge is 0.141 e. The van der Waals surface area contributed by atoms with E-state index in [9.17, 15) is 8.78 Å². The maximum atomic E-state index is 13.0. The van der Waals surface area contributed by atoms with Crippen LogP contribution in [0.2, 0.25) is 0 Å². The summed E-state index contributed by atoms with van der Waals surface area (Å²) in [5, 5.41) is 8.44. The van der Waals surface area contributed by atoms with Crippen molar-refractivity contribution in [1.29, 1.82) is 5.26 Å². The van der Waals surface area contributed by atoms with E-state index in [2.05, 4.69) is 0 Å². The van der Waals surface area contributed by atoms with E-state index < -0.39 is 12.5 Å². The van der Waals surface area contributed by atoms with E-state index in [1.807, 2.05) is 0 Å². The second-order valence-corrected chi connectivity index (χ2v) is 2.91. The molecule has 0 heterocycles. The van der Waals surface area contributed by atoms with Crippen molar-refractivity contribution < 1.29 is 8.78 Å². The Morgan fingerprint density at radius 2 is 2.23 bits per heavy atom. The topological polar surface area (TPSA) is 23.8 Å². The number of halogens is 2. The van der Waals surface area contributed by atoms with Gasteiger partial charge in [0.05, 0.1) is 12.2 Å². The average Bonchev–Trinajstić information content (AvgIpc) is 2.16. The van der Waals surface area contributed by atoms with Crippen molar-refractivity contribution in [2.45, 2.75) is 12.8 Å². The molecule has 1 rings (SSSR count). The van der Waals surface area contributed by atoms with E-state index in [4.69, 9.17) is 5.26 Å². The lowest BCUT2D eigenvalue weighted by molar-refractivity contribution is 0.446. The number of nitrogens with zero attached hydrogens (tertiary/aromatic N) is 1. The van der Waals surface area contributed by atoms with Crippen LogP contribution in [0.4, 0.5) is 8.78 Å². The van der Waals surface area contributed by atoms with Crippen LogP contribution in [0.25, 0.3) is 0 Å². The van der Waals surface area contributed by atoms with Crippen molar-refractivity contribution >= 4 is 0 Å². The van der Waals surface area contributed by atoms with Gasteiger partial charge in [-0.05, 0) is 17.7 Å². The fraction of sp³-hybridized carbons (Fsp3) is 0.300. The molecule has 1 aromatic carbocycles. The quantitative estimate of drug-likeness (QED) is 0.688. The molecule has 1 aromatic rings. The van der Waals surface area contributed by atoms with Crippen LogP contribution in [0.15, 0.2) is 18.2 Å². The molecule has 0 aliphatic rings. The van der Waals surface area contributed by atoms with Gasteiger partial charge in [0, 0.05) is 5.92 Å². The zero-order valence-corrected chi connectivity index (χ0v) is 7.22. The van der Waals surface area contributed by atoms with Crippen LogP contribution < -0.4 is 0 Å². The van der Waals surface area contributed by atoms with Gasteiger partial charge in [0.25, 0.3) is 0 Å². The fourth-order valence-corrected chi connectivity index (χ4v) is 1.02. The maximum Gasteiger partial charge on any atom is 0.141 e. The number of rotatable bonds is 2. The number of benzene rings is 1. The van der Waals surface area contributed by atoms with Crippen molar-refractivity contribution in [3.8, 4) is 6.07 Å². The molecule has 0 fully saturated rings. The van der Waals surface area contributed by atoms with E-state index in [0.717, 1.165) is 0 Å². The molecule has 0 bridgehead atoms. The largest absolute Gasteiger partial charge is 0.250 e. The molecule has 0 amide bonds. The molecule has 0 aliphatic carbocycles. The predicted molar refractivity (Wildman–Crippen MR) is 45.5 cm³/mol. The monoisotopic (exact) mass is 181 g/mol. The molecular formula is C10H9F2N. The highest BCUT2D eigenvalue weighted by atomic mass is 19.1. The summed E-state index contributed by atoms with van der Waals surface area (Å²) in [4.78, 5) is 0. The third-order valence-electron chi connectivity index (χ3n) is 1.91. The van der Waals surface area contributed by atoms with Gasteiger partial charge in [0.1, 0.15) is 11.9 Å². The number of alkyl halides is 1. The van der Waals surface area contributed by atoms with Gasteiger partial charge in [0.15, 0.2) is 0 Å². The minimum atomic E-state index is -0.583. The Morgan fingerprint density at radius 1 is 1.54 bits per heavy atom. The van der Waals surface area contributed by atoms with Crippen molar-refractivity contribution in [2.24, 2.45) is 0 Å². The van der Waals surface area contributed by atoms with Crippen LogP contribution in [-0.2, 0) is 0 Å². The SMILES string of the molecule is CC(CF)c1ccc(C#N)c(F)c1. The van der Waals surface area contributed by atoms with E-state index in [1.54, 1.807) is 19.1 Å². The normalized spacial score (nSPS) is 12.2. The third kappa shape index (κ3) is 2.03. The minimum Gasteiger partial charge on any atom is -0.250 e. The van der Waals surface area contributed by atoms with E-state index in [-0.39, 0.29) is 11.5 Å². The highest BCUT2D eigenvalue weighted by Crippen LogP contribution is 2.18. The minimum absolute atomic E-state index is 0.00481. The zero-order valence-electron chi connectivity index (χ0n) is 7.22. The Hall–Kier alpha value is -1.43. The van der Waals surface area contributed by atoms with Crippen molar-refractivity contribution in [3.63, 3.8) is 0 Å². The van der Waals surface area contributed by atoms with Crippen LogP contribution >= 0.6 is 0 Å². The molecule has 0 aromatic heterocycles. The summed E-state index contributed by atoms with van der Waals surface area (Å²) in [5.74, 6) is -0.900. The number of hydrogen-bond donors (Lipinski definition) is 0. The standard InChI is InChI=1S/C10H9F2N/c1-7(5-11)8-2-3-9(6-13)10(12)4-8/h2-4,7H,5H2,1H3. The van der Waals surface area contributed by atoms with Gasteiger partial charge in [0.2, 0.25) is 0 Å². The maximum absolute atomic E-state index is 13.0. The second kappa shape index (κ2) is 3.99. The molecule has 0 saturated heterocycles. The van der Waals surface area contributed by atoms with Gasteiger partial charge in [-0.25, -0.2) is 4.39 Å². The summed E-state index contributed by atoms with van der Waals surface area (Å²) in [5.41, 5.74) is 0.578. The Bertz CT molecular complexity index is 341. The van der Waals surface area contributed by atoms with Gasteiger partial charge in [-0.2, -0.15) is 5.26 Å². The molecule has 1 atom stereocenters. The number of hydrogen-bond acceptors (Lipinski definition) is 1. The molecule has 1 nitrogen and oxygen atoms in total. The highest BCUT2D eigenvalue weighted by molar-refractivity contribution is 5.34.